The fourth-order valence-corrected chi connectivity index (χ4v) is 3.36. The van der Waals surface area contributed by atoms with Gasteiger partial charge in [-0.3, -0.25) is 9.59 Å². The first-order valence-corrected chi connectivity index (χ1v) is 8.23. The van der Waals surface area contributed by atoms with Gasteiger partial charge >= 0.3 is 0 Å². The Morgan fingerprint density at radius 2 is 2.18 bits per heavy atom. The second-order valence-corrected chi connectivity index (χ2v) is 6.41. The first-order valence-electron chi connectivity index (χ1n) is 7.35. The van der Waals surface area contributed by atoms with Gasteiger partial charge in [0.25, 0.3) is 5.91 Å². The lowest BCUT2D eigenvalue weighted by atomic mass is 9.99. The summed E-state index contributed by atoms with van der Waals surface area (Å²) in [6.45, 7) is 0.634. The molecule has 2 heterocycles. The van der Waals surface area contributed by atoms with Crippen molar-refractivity contribution >= 4 is 28.8 Å². The summed E-state index contributed by atoms with van der Waals surface area (Å²) < 4.78 is 0. The number of hydrogen-bond acceptors (Lipinski definition) is 3. The highest BCUT2D eigenvalue weighted by Crippen LogP contribution is 2.27. The Balaban J connectivity index is 1.65. The Bertz CT molecular complexity index is 695. The fourth-order valence-electron chi connectivity index (χ4n) is 2.65. The van der Waals surface area contributed by atoms with E-state index >= 15 is 0 Å². The highest BCUT2D eigenvalue weighted by molar-refractivity contribution is 7.09. The van der Waals surface area contributed by atoms with Crippen LogP contribution >= 0.6 is 11.3 Å². The SMILES string of the molecule is CN1C(=O)CCc2cc(C(=O)NCCc3cccs3)ccc21. The molecule has 4 nitrogen and oxygen atoms in total. The summed E-state index contributed by atoms with van der Waals surface area (Å²) >= 11 is 1.70. The molecule has 0 spiro atoms. The molecule has 0 saturated heterocycles. The van der Waals surface area contributed by atoms with Crippen LogP contribution in [0, 0.1) is 0 Å². The Kier molecular flexibility index (Phi) is 4.24. The van der Waals surface area contributed by atoms with Crippen LogP contribution in [0.4, 0.5) is 5.69 Å². The van der Waals surface area contributed by atoms with Gasteiger partial charge in [-0.25, -0.2) is 0 Å². The molecule has 0 atom stereocenters. The maximum Gasteiger partial charge on any atom is 0.251 e. The summed E-state index contributed by atoms with van der Waals surface area (Å²) in [4.78, 5) is 26.8. The molecule has 1 aromatic carbocycles. The lowest BCUT2D eigenvalue weighted by molar-refractivity contribution is -0.118. The quantitative estimate of drug-likeness (QED) is 0.943. The monoisotopic (exact) mass is 314 g/mol. The van der Waals surface area contributed by atoms with E-state index in [1.807, 2.05) is 23.6 Å². The third-order valence-electron chi connectivity index (χ3n) is 3.92. The highest BCUT2D eigenvalue weighted by atomic mass is 32.1. The van der Waals surface area contributed by atoms with Crippen LogP contribution in [0.15, 0.2) is 35.7 Å². The standard InChI is InChI=1S/C17H18N2O2S/c1-19-15-6-4-13(11-12(15)5-7-16(19)20)17(21)18-9-8-14-3-2-10-22-14/h2-4,6,10-11H,5,7-9H2,1H3,(H,18,21). The molecule has 1 N–H and O–H groups in total. The largest absolute Gasteiger partial charge is 0.352 e. The Hall–Kier alpha value is -2.14. The van der Waals surface area contributed by atoms with Gasteiger partial charge < -0.3 is 10.2 Å². The first-order chi connectivity index (χ1) is 10.6. The van der Waals surface area contributed by atoms with Gasteiger partial charge in [-0.1, -0.05) is 6.07 Å². The van der Waals surface area contributed by atoms with Crippen molar-refractivity contribution in [3.8, 4) is 0 Å². The Labute approximate surface area is 133 Å². The molecule has 3 rings (SSSR count). The van der Waals surface area contributed by atoms with Crippen LogP contribution in [0.5, 0.6) is 0 Å². The fraction of sp³-hybridized carbons (Fsp3) is 0.294. The number of nitrogens with one attached hydrogen (secondary N) is 1. The second-order valence-electron chi connectivity index (χ2n) is 5.38. The minimum absolute atomic E-state index is 0.0566. The summed E-state index contributed by atoms with van der Waals surface area (Å²) in [5, 5.41) is 4.99. The van der Waals surface area contributed by atoms with Crippen LogP contribution in [0.1, 0.15) is 27.2 Å². The number of aryl methyl sites for hydroxylation is 1. The van der Waals surface area contributed by atoms with E-state index < -0.39 is 0 Å². The van der Waals surface area contributed by atoms with Crippen LogP contribution in [-0.4, -0.2) is 25.4 Å². The molecule has 1 aliphatic rings. The van der Waals surface area contributed by atoms with Crippen molar-refractivity contribution in [2.75, 3.05) is 18.5 Å². The predicted octanol–water partition coefficient (Wildman–Crippen LogP) is 2.63. The summed E-state index contributed by atoms with van der Waals surface area (Å²) in [5.41, 5.74) is 2.63. The van der Waals surface area contributed by atoms with Crippen LogP contribution in [0.25, 0.3) is 0 Å². The number of nitrogens with zero attached hydrogens (tertiary/aromatic N) is 1. The molecule has 0 fully saturated rings. The zero-order chi connectivity index (χ0) is 15.5. The summed E-state index contributed by atoms with van der Waals surface area (Å²) in [7, 11) is 1.78. The third-order valence-corrected chi connectivity index (χ3v) is 4.86. The van der Waals surface area contributed by atoms with Crippen LogP contribution in [0.2, 0.25) is 0 Å². The molecule has 0 radical (unpaired) electrons. The Morgan fingerprint density at radius 1 is 1.32 bits per heavy atom. The van der Waals surface area contributed by atoms with Gasteiger partial charge in [0, 0.05) is 36.1 Å². The van der Waals surface area contributed by atoms with Gasteiger partial charge in [-0.15, -0.1) is 11.3 Å². The normalized spacial score (nSPS) is 13.9. The van der Waals surface area contributed by atoms with Gasteiger partial charge in [-0.05, 0) is 48.1 Å². The van der Waals surface area contributed by atoms with E-state index in [4.69, 9.17) is 0 Å². The van der Waals surface area contributed by atoms with Crippen molar-refractivity contribution in [1.29, 1.82) is 0 Å². The third kappa shape index (κ3) is 3.04. The molecular weight excluding hydrogens is 296 g/mol. The van der Waals surface area contributed by atoms with E-state index in [0.717, 1.165) is 17.7 Å². The van der Waals surface area contributed by atoms with Crippen molar-refractivity contribution in [2.24, 2.45) is 0 Å². The molecule has 2 amide bonds. The zero-order valence-electron chi connectivity index (χ0n) is 12.5. The number of fused-ring (bicyclic) bond motifs is 1. The van der Waals surface area contributed by atoms with Gasteiger partial charge in [0.2, 0.25) is 5.91 Å². The maximum atomic E-state index is 12.2. The van der Waals surface area contributed by atoms with Gasteiger partial charge in [0.1, 0.15) is 0 Å². The Morgan fingerprint density at radius 3 is 2.95 bits per heavy atom. The molecular formula is C17H18N2O2S. The number of anilines is 1. The zero-order valence-corrected chi connectivity index (χ0v) is 13.3. The first kappa shape index (κ1) is 14.8. The van der Waals surface area contributed by atoms with E-state index in [1.54, 1.807) is 29.4 Å². The summed E-state index contributed by atoms with van der Waals surface area (Å²) in [6, 6.07) is 9.64. The number of thiophene rings is 1. The average Bonchev–Trinajstić information content (AvgIpc) is 3.04. The number of rotatable bonds is 4. The van der Waals surface area contributed by atoms with Gasteiger partial charge in [0.05, 0.1) is 0 Å². The number of amides is 2. The van der Waals surface area contributed by atoms with E-state index in [2.05, 4.69) is 11.4 Å². The van der Waals surface area contributed by atoms with Crippen LogP contribution in [-0.2, 0) is 17.6 Å². The average molecular weight is 314 g/mol. The predicted molar refractivity (Wildman–Crippen MR) is 88.5 cm³/mol. The molecule has 5 heteroatoms. The number of hydrogen-bond donors (Lipinski definition) is 1. The molecule has 2 aromatic rings. The van der Waals surface area contributed by atoms with Crippen molar-refractivity contribution in [2.45, 2.75) is 19.3 Å². The molecule has 0 aliphatic carbocycles. The van der Waals surface area contributed by atoms with E-state index in [1.165, 1.54) is 4.88 Å². The van der Waals surface area contributed by atoms with Crippen molar-refractivity contribution < 1.29 is 9.59 Å². The molecule has 114 valence electrons. The van der Waals surface area contributed by atoms with Gasteiger partial charge in [-0.2, -0.15) is 0 Å². The maximum absolute atomic E-state index is 12.2. The molecule has 1 aliphatic heterocycles. The molecule has 0 unspecified atom stereocenters. The van der Waals surface area contributed by atoms with Crippen molar-refractivity contribution in [1.82, 2.24) is 5.32 Å². The minimum Gasteiger partial charge on any atom is -0.352 e. The van der Waals surface area contributed by atoms with E-state index in [0.29, 0.717) is 24.9 Å². The van der Waals surface area contributed by atoms with Gasteiger partial charge in [0.15, 0.2) is 0 Å². The van der Waals surface area contributed by atoms with Crippen molar-refractivity contribution in [3.63, 3.8) is 0 Å². The molecule has 0 bridgehead atoms. The van der Waals surface area contributed by atoms with Crippen LogP contribution in [0.3, 0.4) is 0 Å². The highest BCUT2D eigenvalue weighted by Gasteiger charge is 2.21. The van der Waals surface area contributed by atoms with E-state index in [-0.39, 0.29) is 11.8 Å². The number of carbonyl (C=O) groups excluding carboxylic acids is 2. The minimum atomic E-state index is -0.0566. The topological polar surface area (TPSA) is 49.4 Å². The number of carbonyl (C=O) groups is 2. The molecule has 0 saturated carbocycles. The molecule has 22 heavy (non-hydrogen) atoms. The second kappa shape index (κ2) is 6.32. The summed E-state index contributed by atoms with van der Waals surface area (Å²) in [6.07, 6.45) is 2.06. The van der Waals surface area contributed by atoms with Crippen LogP contribution < -0.4 is 10.2 Å². The lowest BCUT2D eigenvalue weighted by Crippen LogP contribution is -2.31. The molecule has 1 aromatic heterocycles. The smallest absolute Gasteiger partial charge is 0.251 e. The lowest BCUT2D eigenvalue weighted by Gasteiger charge is -2.26. The summed E-state index contributed by atoms with van der Waals surface area (Å²) in [5.74, 6) is 0.0690. The number of benzene rings is 1. The van der Waals surface area contributed by atoms with Crippen molar-refractivity contribution in [3.05, 3.63) is 51.7 Å². The van der Waals surface area contributed by atoms with E-state index in [9.17, 15) is 9.59 Å².